The van der Waals surface area contributed by atoms with Gasteiger partial charge in [0.25, 0.3) is 11.2 Å². The van der Waals surface area contributed by atoms with Crippen molar-refractivity contribution in [1.29, 1.82) is 0 Å². The number of nitrogen functional groups attached to an aromatic ring is 1. The van der Waals surface area contributed by atoms with E-state index in [1.54, 1.807) is 0 Å². The molecule has 0 saturated heterocycles. The van der Waals surface area contributed by atoms with Crippen molar-refractivity contribution in [3.8, 4) is 11.3 Å². The zero-order valence-electron chi connectivity index (χ0n) is 25.4. The number of nitrogens with one attached hydrogen (secondary N) is 1. The third-order valence-corrected chi connectivity index (χ3v) is 7.18. The molecule has 0 aliphatic carbocycles. The third kappa shape index (κ3) is 7.72. The molecule has 3 heterocycles. The maximum Gasteiger partial charge on any atom is 0.430 e. The van der Waals surface area contributed by atoms with Crippen LogP contribution in [-0.4, -0.2) is 59.7 Å². The van der Waals surface area contributed by atoms with Crippen LogP contribution in [0.2, 0.25) is 0 Å². The SMILES string of the molecule is Nc1ccc(C(O)(C(F)(F)F)C(F)(F)F)cc1.OC(c1ccc(Nc2nnc3cc(-c4ncccc4C(F)(F)F)cnn23)cc1)(C(F)(F)F)C(F)(F)F. The number of rotatable bonds is 5. The Morgan fingerprint density at radius 3 is 1.55 bits per heavy atom. The van der Waals surface area contributed by atoms with Gasteiger partial charge in [-0.15, -0.1) is 10.2 Å². The van der Waals surface area contributed by atoms with Gasteiger partial charge in [-0.05, 0) is 42.5 Å². The lowest BCUT2D eigenvalue weighted by Crippen LogP contribution is -2.53. The van der Waals surface area contributed by atoms with E-state index < -0.39 is 64.5 Å². The number of nitrogens with zero attached hydrogens (tertiary/aromatic N) is 5. The van der Waals surface area contributed by atoms with Crippen LogP contribution in [0.4, 0.5) is 83.2 Å². The minimum Gasteiger partial charge on any atom is -0.399 e. The summed E-state index contributed by atoms with van der Waals surface area (Å²) in [7, 11) is 0. The second-order valence-corrected chi connectivity index (χ2v) is 10.7. The Kier molecular flexibility index (Phi) is 10.3. The van der Waals surface area contributed by atoms with Crippen LogP contribution in [0.5, 0.6) is 0 Å². The Morgan fingerprint density at radius 1 is 0.623 bits per heavy atom. The van der Waals surface area contributed by atoms with Crippen molar-refractivity contribution in [2.24, 2.45) is 0 Å². The van der Waals surface area contributed by atoms with Gasteiger partial charge in [0.15, 0.2) is 5.65 Å². The molecule has 24 heteroatoms. The summed E-state index contributed by atoms with van der Waals surface area (Å²) in [5.74, 6) is -0.150. The van der Waals surface area contributed by atoms with Crippen molar-refractivity contribution >= 4 is 23.0 Å². The Balaban J connectivity index is 0.000000310. The molecule has 0 spiro atoms. The summed E-state index contributed by atoms with van der Waals surface area (Å²) in [5.41, 5.74) is -9.16. The van der Waals surface area contributed by atoms with E-state index in [1.165, 1.54) is 6.07 Å². The van der Waals surface area contributed by atoms with Crippen LogP contribution >= 0.6 is 0 Å². The van der Waals surface area contributed by atoms with E-state index in [9.17, 15) is 71.0 Å². The lowest BCUT2D eigenvalue weighted by molar-refractivity contribution is -0.376. The quantitative estimate of drug-likeness (QED) is 0.105. The predicted molar refractivity (Wildman–Crippen MR) is 152 cm³/mol. The normalized spacial score (nSPS) is 13.5. The summed E-state index contributed by atoms with van der Waals surface area (Å²) in [5, 5.41) is 32.4. The monoisotopic (exact) mass is 781 g/mol. The number of hydrogen-bond acceptors (Lipinski definition) is 8. The zero-order valence-corrected chi connectivity index (χ0v) is 25.4. The van der Waals surface area contributed by atoms with Gasteiger partial charge in [0.1, 0.15) is 0 Å². The smallest absolute Gasteiger partial charge is 0.399 e. The first kappa shape index (κ1) is 40.4. The second-order valence-electron chi connectivity index (χ2n) is 10.7. The van der Waals surface area contributed by atoms with E-state index >= 15 is 0 Å². The van der Waals surface area contributed by atoms with Crippen LogP contribution in [0.3, 0.4) is 0 Å². The lowest BCUT2D eigenvalue weighted by atomic mass is 9.92. The van der Waals surface area contributed by atoms with Gasteiger partial charge < -0.3 is 21.3 Å². The first-order chi connectivity index (χ1) is 24.1. The van der Waals surface area contributed by atoms with Gasteiger partial charge in [-0.1, -0.05) is 24.3 Å². The van der Waals surface area contributed by atoms with Crippen LogP contribution < -0.4 is 11.1 Å². The molecule has 5 N–H and O–H groups in total. The Bertz CT molecular complexity index is 2010. The Hall–Kier alpha value is -5.39. The van der Waals surface area contributed by atoms with Gasteiger partial charge >= 0.3 is 30.9 Å². The maximum atomic E-state index is 13.3. The van der Waals surface area contributed by atoms with Crippen LogP contribution in [0.1, 0.15) is 16.7 Å². The van der Waals surface area contributed by atoms with E-state index in [-0.39, 0.29) is 28.5 Å². The molecule has 0 unspecified atom stereocenters. The van der Waals surface area contributed by atoms with Crippen LogP contribution in [0.15, 0.2) is 79.1 Å². The molecule has 0 aliphatic rings. The summed E-state index contributed by atoms with van der Waals surface area (Å²) >= 11 is 0. The van der Waals surface area contributed by atoms with E-state index in [0.717, 1.165) is 53.3 Å². The number of halogens is 15. The molecule has 0 aliphatic heterocycles. The number of benzene rings is 2. The first-order valence-electron chi connectivity index (χ1n) is 13.8. The average molecular weight is 781 g/mol. The summed E-state index contributed by atoms with van der Waals surface area (Å²) in [6, 6.07) is 8.34. The Morgan fingerprint density at radius 2 is 1.09 bits per heavy atom. The lowest BCUT2D eigenvalue weighted by Gasteiger charge is -2.32. The van der Waals surface area contributed by atoms with Gasteiger partial charge in [0.2, 0.25) is 5.95 Å². The highest BCUT2D eigenvalue weighted by Crippen LogP contribution is 2.51. The summed E-state index contributed by atoms with van der Waals surface area (Å²) in [4.78, 5) is 3.75. The number of hydrogen-bond donors (Lipinski definition) is 4. The fourth-order valence-electron chi connectivity index (χ4n) is 4.49. The molecule has 0 radical (unpaired) electrons. The second kappa shape index (κ2) is 13.5. The van der Waals surface area contributed by atoms with Crippen molar-refractivity contribution in [1.82, 2.24) is 24.8 Å². The molecular formula is C29H18F15N7O2. The van der Waals surface area contributed by atoms with Crippen molar-refractivity contribution in [3.05, 3.63) is 95.8 Å². The molecular weight excluding hydrogens is 763 g/mol. The van der Waals surface area contributed by atoms with E-state index in [2.05, 4.69) is 25.6 Å². The molecule has 0 atom stereocenters. The minimum atomic E-state index is -6.04. The molecule has 9 nitrogen and oxygen atoms in total. The first-order valence-corrected chi connectivity index (χ1v) is 13.8. The number of fused-ring (bicyclic) bond motifs is 1. The van der Waals surface area contributed by atoms with Crippen molar-refractivity contribution in [2.75, 3.05) is 11.1 Å². The molecule has 0 amide bonds. The van der Waals surface area contributed by atoms with Crippen LogP contribution in [-0.2, 0) is 17.4 Å². The van der Waals surface area contributed by atoms with Gasteiger partial charge in [0, 0.05) is 34.3 Å². The zero-order chi connectivity index (χ0) is 40.0. The average Bonchev–Trinajstić information content (AvgIpc) is 3.44. The summed E-state index contributed by atoms with van der Waals surface area (Å²) < 4.78 is 193. The fourth-order valence-corrected chi connectivity index (χ4v) is 4.49. The van der Waals surface area contributed by atoms with Crippen LogP contribution in [0.25, 0.3) is 16.9 Å². The molecule has 0 fully saturated rings. The number of pyridine rings is 1. The fraction of sp³-hybridized carbons (Fsp3) is 0.241. The number of alkyl halides is 15. The van der Waals surface area contributed by atoms with E-state index in [0.29, 0.717) is 24.3 Å². The highest BCUT2D eigenvalue weighted by atomic mass is 19.4. The van der Waals surface area contributed by atoms with Crippen molar-refractivity contribution < 1.29 is 76.1 Å². The number of aliphatic hydroxyl groups is 2. The summed E-state index contributed by atoms with van der Waals surface area (Å²) in [6.07, 6.45) is -26.3. The number of nitrogens with two attached hydrogens (primary N) is 1. The summed E-state index contributed by atoms with van der Waals surface area (Å²) in [6.45, 7) is 0. The van der Waals surface area contributed by atoms with E-state index in [1.807, 2.05) is 0 Å². The predicted octanol–water partition coefficient (Wildman–Crippen LogP) is 7.84. The molecule has 53 heavy (non-hydrogen) atoms. The molecule has 286 valence electrons. The van der Waals surface area contributed by atoms with Gasteiger partial charge in [0.05, 0.1) is 17.5 Å². The molecule has 5 aromatic rings. The van der Waals surface area contributed by atoms with Gasteiger partial charge in [-0.2, -0.15) is 75.5 Å². The molecule has 5 rings (SSSR count). The van der Waals surface area contributed by atoms with Gasteiger partial charge in [-0.25, -0.2) is 0 Å². The minimum absolute atomic E-state index is 0.0135. The Labute approximate surface area is 284 Å². The highest BCUT2D eigenvalue weighted by Gasteiger charge is 2.72. The topological polar surface area (TPSA) is 134 Å². The van der Waals surface area contributed by atoms with Crippen molar-refractivity contribution in [3.63, 3.8) is 0 Å². The highest BCUT2D eigenvalue weighted by molar-refractivity contribution is 5.67. The third-order valence-electron chi connectivity index (χ3n) is 7.18. The molecule has 0 saturated carbocycles. The molecule has 0 bridgehead atoms. The largest absolute Gasteiger partial charge is 0.430 e. The number of aromatic nitrogens is 5. The van der Waals surface area contributed by atoms with Crippen LogP contribution in [0, 0.1) is 0 Å². The molecule has 2 aromatic carbocycles. The molecule has 3 aromatic heterocycles. The maximum absolute atomic E-state index is 13.3. The van der Waals surface area contributed by atoms with Gasteiger partial charge in [-0.3, -0.25) is 4.98 Å². The van der Waals surface area contributed by atoms with Crippen molar-refractivity contribution in [2.45, 2.75) is 42.1 Å². The van der Waals surface area contributed by atoms with E-state index in [4.69, 9.17) is 10.8 Å². The number of anilines is 3. The standard InChI is InChI=1S/C20H11F9N6O.C9H7F6NO/c21-18(22,23)13-2-1-7-30-15(13)10-8-14-33-34-16(35(14)31-9-10)32-12-5-3-11(4-6-12)17(36,19(24,25)26)20(27,28)29;10-8(11,12)7(17,9(13,14)15)5-1-3-6(16)4-2-5/h1-9,36H,(H,32,34);1-4,17H,16H2.